The second-order valence-corrected chi connectivity index (χ2v) is 4.96. The molecular formula is C11H12FNO3S. The first kappa shape index (κ1) is 13.4. The van der Waals surface area contributed by atoms with Gasteiger partial charge in [-0.3, -0.25) is 4.79 Å². The van der Waals surface area contributed by atoms with Crippen LogP contribution in [0.2, 0.25) is 0 Å². The summed E-state index contributed by atoms with van der Waals surface area (Å²) in [5.41, 5.74) is 0.681. The zero-order valence-corrected chi connectivity index (χ0v) is 10.2. The number of anilines is 1. The van der Waals surface area contributed by atoms with Gasteiger partial charge in [0.25, 0.3) is 0 Å². The third-order valence-electron chi connectivity index (χ3n) is 1.83. The van der Waals surface area contributed by atoms with E-state index in [1.54, 1.807) is 13.8 Å². The van der Waals surface area contributed by atoms with Crippen LogP contribution in [0.25, 0.3) is 0 Å². The van der Waals surface area contributed by atoms with Crippen LogP contribution in [0.1, 0.15) is 13.8 Å². The molecule has 0 atom stereocenters. The topological polar surface area (TPSA) is 63.2 Å². The Kier molecular flexibility index (Phi) is 4.01. The van der Waals surface area contributed by atoms with Crippen molar-refractivity contribution in [3.63, 3.8) is 0 Å². The van der Waals surface area contributed by atoms with Crippen LogP contribution in [0.15, 0.2) is 40.8 Å². The van der Waals surface area contributed by atoms with Gasteiger partial charge in [0.2, 0.25) is 5.91 Å². The Morgan fingerprint density at radius 1 is 1.29 bits per heavy atom. The Morgan fingerprint density at radius 3 is 2.41 bits per heavy atom. The van der Waals surface area contributed by atoms with E-state index in [0.29, 0.717) is 0 Å². The number of rotatable bonds is 3. The van der Waals surface area contributed by atoms with Crippen molar-refractivity contribution in [2.45, 2.75) is 18.7 Å². The molecule has 0 heterocycles. The second kappa shape index (κ2) is 5.09. The average molecular weight is 257 g/mol. The summed E-state index contributed by atoms with van der Waals surface area (Å²) in [5, 5.41) is 2.31. The predicted molar refractivity (Wildman–Crippen MR) is 62.8 cm³/mol. The van der Waals surface area contributed by atoms with E-state index in [2.05, 4.69) is 5.32 Å². The lowest BCUT2D eigenvalue weighted by atomic mass is 10.3. The van der Waals surface area contributed by atoms with Gasteiger partial charge in [-0.1, -0.05) is 17.7 Å². The quantitative estimate of drug-likeness (QED) is 0.667. The van der Waals surface area contributed by atoms with Gasteiger partial charge in [-0.2, -0.15) is 8.42 Å². The van der Waals surface area contributed by atoms with Crippen LogP contribution in [0.5, 0.6) is 0 Å². The number of para-hydroxylation sites is 1. The fourth-order valence-electron chi connectivity index (χ4n) is 1.21. The van der Waals surface area contributed by atoms with E-state index >= 15 is 0 Å². The lowest BCUT2D eigenvalue weighted by Gasteiger charge is -2.06. The van der Waals surface area contributed by atoms with Gasteiger partial charge in [0.05, 0.1) is 5.69 Å². The number of amides is 1. The van der Waals surface area contributed by atoms with Crippen LogP contribution in [-0.2, 0) is 15.0 Å². The minimum atomic E-state index is -4.84. The Morgan fingerprint density at radius 2 is 1.88 bits per heavy atom. The molecule has 1 aromatic carbocycles. The molecule has 0 bridgehead atoms. The van der Waals surface area contributed by atoms with Crippen LogP contribution in [0.3, 0.4) is 0 Å². The molecule has 1 N–H and O–H groups in total. The van der Waals surface area contributed by atoms with Gasteiger partial charge < -0.3 is 5.32 Å². The van der Waals surface area contributed by atoms with E-state index in [9.17, 15) is 17.1 Å². The fourth-order valence-corrected chi connectivity index (χ4v) is 1.84. The first-order chi connectivity index (χ1) is 7.80. The number of halogens is 1. The third kappa shape index (κ3) is 3.99. The van der Waals surface area contributed by atoms with E-state index < -0.39 is 21.0 Å². The molecule has 0 aliphatic heterocycles. The van der Waals surface area contributed by atoms with Crippen molar-refractivity contribution < 1.29 is 17.1 Å². The summed E-state index contributed by atoms with van der Waals surface area (Å²) in [6, 6.07) is 5.30. The summed E-state index contributed by atoms with van der Waals surface area (Å²) in [5.74, 6) is -0.499. The predicted octanol–water partition coefficient (Wildman–Crippen LogP) is 2.25. The molecule has 92 valence electrons. The molecule has 0 aliphatic carbocycles. The zero-order chi connectivity index (χ0) is 13.1. The molecular weight excluding hydrogens is 245 g/mol. The van der Waals surface area contributed by atoms with Gasteiger partial charge in [-0.25, -0.2) is 0 Å². The number of carbonyl (C=O) groups is 1. The maximum absolute atomic E-state index is 12.9. The second-order valence-electron chi connectivity index (χ2n) is 3.64. The molecule has 4 nitrogen and oxygen atoms in total. The fraction of sp³-hybridized carbons (Fsp3) is 0.182. The molecule has 0 spiro atoms. The smallest absolute Gasteiger partial charge is 0.321 e. The molecule has 0 aliphatic rings. The van der Waals surface area contributed by atoms with Crippen molar-refractivity contribution in [2.75, 3.05) is 5.32 Å². The van der Waals surface area contributed by atoms with Crippen molar-refractivity contribution in [3.8, 4) is 0 Å². The van der Waals surface area contributed by atoms with Crippen LogP contribution >= 0.6 is 0 Å². The molecule has 6 heteroatoms. The summed E-state index contributed by atoms with van der Waals surface area (Å²) >= 11 is 0. The molecule has 0 unspecified atom stereocenters. The lowest BCUT2D eigenvalue weighted by molar-refractivity contribution is -0.112. The Labute approximate surface area is 99.4 Å². The minimum Gasteiger partial charge on any atom is -0.321 e. The van der Waals surface area contributed by atoms with Gasteiger partial charge in [0.15, 0.2) is 0 Å². The Balaban J connectivity index is 3.09. The van der Waals surface area contributed by atoms with Gasteiger partial charge in [-0.05, 0) is 26.0 Å². The van der Waals surface area contributed by atoms with Crippen LogP contribution < -0.4 is 5.32 Å². The van der Waals surface area contributed by atoms with E-state index in [0.717, 1.165) is 11.6 Å². The minimum absolute atomic E-state index is 0.0718. The zero-order valence-electron chi connectivity index (χ0n) is 9.40. The first-order valence-corrected chi connectivity index (χ1v) is 6.18. The van der Waals surface area contributed by atoms with Crippen LogP contribution in [0.4, 0.5) is 9.57 Å². The molecule has 0 radical (unpaired) electrons. The Hall–Kier alpha value is -1.69. The number of nitrogens with one attached hydrogen (secondary N) is 1. The van der Waals surface area contributed by atoms with Crippen molar-refractivity contribution in [1.29, 1.82) is 0 Å². The van der Waals surface area contributed by atoms with Gasteiger partial charge >= 0.3 is 10.2 Å². The number of allylic oxidation sites excluding steroid dienone is 1. The average Bonchev–Trinajstić information content (AvgIpc) is 2.15. The summed E-state index contributed by atoms with van der Waals surface area (Å²) in [4.78, 5) is 10.9. The largest absolute Gasteiger partial charge is 0.334 e. The van der Waals surface area contributed by atoms with E-state index in [1.165, 1.54) is 24.3 Å². The SMILES string of the molecule is CC(C)=CC(=O)Nc1ccccc1S(=O)(=O)F. The molecule has 1 rings (SSSR count). The third-order valence-corrected chi connectivity index (χ3v) is 2.71. The van der Waals surface area contributed by atoms with Crippen molar-refractivity contribution >= 4 is 21.8 Å². The monoisotopic (exact) mass is 257 g/mol. The van der Waals surface area contributed by atoms with Crippen molar-refractivity contribution in [3.05, 3.63) is 35.9 Å². The molecule has 1 amide bonds. The standard InChI is InChI=1S/C11H12FNO3S/c1-8(2)7-11(14)13-9-5-3-4-6-10(9)17(12,15)16/h3-7H,1-2H3,(H,13,14). The number of hydrogen-bond acceptors (Lipinski definition) is 3. The number of benzene rings is 1. The van der Waals surface area contributed by atoms with Crippen LogP contribution in [0, 0.1) is 0 Å². The van der Waals surface area contributed by atoms with Crippen molar-refractivity contribution in [2.24, 2.45) is 0 Å². The van der Waals surface area contributed by atoms with Gasteiger partial charge in [0.1, 0.15) is 4.90 Å². The molecule has 0 aromatic heterocycles. The van der Waals surface area contributed by atoms with Crippen molar-refractivity contribution in [1.82, 2.24) is 0 Å². The lowest BCUT2D eigenvalue weighted by Crippen LogP contribution is -2.11. The van der Waals surface area contributed by atoms with Crippen LogP contribution in [-0.4, -0.2) is 14.3 Å². The highest BCUT2D eigenvalue weighted by Gasteiger charge is 2.17. The molecule has 0 fully saturated rings. The maximum Gasteiger partial charge on any atom is 0.334 e. The normalized spacial score (nSPS) is 10.8. The molecule has 17 heavy (non-hydrogen) atoms. The van der Waals surface area contributed by atoms with E-state index in [1.807, 2.05) is 0 Å². The maximum atomic E-state index is 12.9. The summed E-state index contributed by atoms with van der Waals surface area (Å²) in [6.07, 6.45) is 1.29. The molecule has 1 aromatic rings. The Bertz CT molecular complexity index is 560. The van der Waals surface area contributed by atoms with Gasteiger partial charge in [0, 0.05) is 6.08 Å². The summed E-state index contributed by atoms with van der Waals surface area (Å²) < 4.78 is 34.5. The first-order valence-electron chi connectivity index (χ1n) is 4.80. The molecule has 0 saturated heterocycles. The summed E-state index contributed by atoms with van der Waals surface area (Å²) in [6.45, 7) is 3.44. The van der Waals surface area contributed by atoms with E-state index in [-0.39, 0.29) is 5.69 Å². The van der Waals surface area contributed by atoms with Gasteiger partial charge in [-0.15, -0.1) is 3.89 Å². The number of carbonyl (C=O) groups excluding carboxylic acids is 1. The highest BCUT2D eigenvalue weighted by atomic mass is 32.3. The molecule has 0 saturated carbocycles. The highest BCUT2D eigenvalue weighted by Crippen LogP contribution is 2.22. The highest BCUT2D eigenvalue weighted by molar-refractivity contribution is 7.86. The van der Waals surface area contributed by atoms with E-state index in [4.69, 9.17) is 0 Å². The summed E-state index contributed by atoms with van der Waals surface area (Å²) in [7, 11) is -4.84. The number of hydrogen-bond donors (Lipinski definition) is 1.